The topological polar surface area (TPSA) is 116 Å². The summed E-state index contributed by atoms with van der Waals surface area (Å²) >= 11 is 5.43. The van der Waals surface area contributed by atoms with Gasteiger partial charge in [0.25, 0.3) is 0 Å². The summed E-state index contributed by atoms with van der Waals surface area (Å²) in [6.07, 6.45) is -1.96. The van der Waals surface area contributed by atoms with Crippen molar-refractivity contribution in [3.05, 3.63) is 84.4 Å². The third-order valence-electron chi connectivity index (χ3n) is 6.20. The molecule has 10 nitrogen and oxygen atoms in total. The van der Waals surface area contributed by atoms with Crippen LogP contribution in [-0.2, 0) is 18.9 Å². The summed E-state index contributed by atoms with van der Waals surface area (Å²) in [6.45, 7) is 0.524. The molecule has 2 aliphatic rings. The summed E-state index contributed by atoms with van der Waals surface area (Å²) in [7, 11) is 1.33. The molecule has 2 fully saturated rings. The van der Waals surface area contributed by atoms with Crippen molar-refractivity contribution in [1.82, 2.24) is 5.32 Å². The Balaban J connectivity index is 1.09. The second kappa shape index (κ2) is 12.1. The maximum atomic E-state index is 12.5. The Morgan fingerprint density at radius 2 is 1.59 bits per heavy atom. The first-order chi connectivity index (χ1) is 19.0. The standard InChI is InChI=1S/C28H27N3O7S/c1-34-26(32)17-6-5-7-19(14-17)29-27(39)31-22-15-35-25-23(16-36-24(22)25)38-28(33)30-18-10-12-21(13-11-18)37-20-8-3-2-4-9-20/h2-14,22-25H,15-16H2,1H3,(H,30,33)(H2,29,31,39)/t22-,23+,24+,25+/m0/s1. The quantitative estimate of drug-likeness (QED) is 0.290. The van der Waals surface area contributed by atoms with Crippen molar-refractivity contribution >= 4 is 40.8 Å². The van der Waals surface area contributed by atoms with Crippen LogP contribution in [0.1, 0.15) is 10.4 Å². The van der Waals surface area contributed by atoms with Crippen LogP contribution in [0.2, 0.25) is 0 Å². The zero-order valence-electron chi connectivity index (χ0n) is 21.0. The van der Waals surface area contributed by atoms with Gasteiger partial charge in [0.15, 0.2) is 11.2 Å². The minimum absolute atomic E-state index is 0.201. The summed E-state index contributed by atoms with van der Waals surface area (Å²) in [5.41, 5.74) is 1.61. The Labute approximate surface area is 230 Å². The summed E-state index contributed by atoms with van der Waals surface area (Å²) in [5, 5.41) is 9.30. The highest BCUT2D eigenvalue weighted by molar-refractivity contribution is 7.80. The minimum atomic E-state index is -0.608. The third kappa shape index (κ3) is 6.63. The van der Waals surface area contributed by atoms with E-state index in [9.17, 15) is 9.59 Å². The van der Waals surface area contributed by atoms with Gasteiger partial charge in [0, 0.05) is 11.4 Å². The molecular formula is C28H27N3O7S. The SMILES string of the molecule is COC(=O)c1cccc(NC(=S)N[C@H]2CO[C@H]3[C@@H]2OC[C@H]3OC(=O)Nc2ccc(Oc3ccccc3)cc2)c1. The number of amides is 1. The summed E-state index contributed by atoms with van der Waals surface area (Å²) < 4.78 is 27.9. The number of carbonyl (C=O) groups is 2. The molecular weight excluding hydrogens is 522 g/mol. The molecule has 3 aromatic carbocycles. The summed E-state index contributed by atoms with van der Waals surface area (Å²) in [6, 6.07) is 23.0. The van der Waals surface area contributed by atoms with E-state index in [0.717, 1.165) is 5.75 Å². The molecule has 0 aliphatic carbocycles. The second-order valence-electron chi connectivity index (χ2n) is 8.88. The molecule has 3 N–H and O–H groups in total. The number of anilines is 2. The number of thiocarbonyl (C=S) groups is 1. The fraction of sp³-hybridized carbons (Fsp3) is 0.250. The first-order valence-electron chi connectivity index (χ1n) is 12.3. The number of methoxy groups -OCH3 is 1. The molecule has 0 radical (unpaired) electrons. The molecule has 2 aliphatic heterocycles. The van der Waals surface area contributed by atoms with Gasteiger partial charge in [-0.3, -0.25) is 5.32 Å². The van der Waals surface area contributed by atoms with Crippen LogP contribution in [-0.4, -0.2) is 61.9 Å². The maximum Gasteiger partial charge on any atom is 0.412 e. The maximum absolute atomic E-state index is 12.5. The zero-order chi connectivity index (χ0) is 27.2. The molecule has 0 saturated carbocycles. The molecule has 3 aromatic rings. The van der Waals surface area contributed by atoms with Gasteiger partial charge < -0.3 is 34.3 Å². The summed E-state index contributed by atoms with van der Waals surface area (Å²) in [4.78, 5) is 24.3. The fourth-order valence-corrected chi connectivity index (χ4v) is 4.65. The molecule has 5 rings (SSSR count). The minimum Gasteiger partial charge on any atom is -0.465 e. The normalized spacial score (nSPS) is 21.4. The van der Waals surface area contributed by atoms with E-state index in [1.54, 1.807) is 48.5 Å². The predicted octanol–water partition coefficient (Wildman–Crippen LogP) is 4.34. The largest absolute Gasteiger partial charge is 0.465 e. The van der Waals surface area contributed by atoms with Crippen LogP contribution >= 0.6 is 12.2 Å². The van der Waals surface area contributed by atoms with E-state index in [2.05, 4.69) is 16.0 Å². The number of para-hydroxylation sites is 1. The smallest absolute Gasteiger partial charge is 0.412 e. The van der Waals surface area contributed by atoms with E-state index in [1.807, 2.05) is 30.3 Å². The van der Waals surface area contributed by atoms with Crippen LogP contribution in [0.4, 0.5) is 16.2 Å². The molecule has 4 atom stereocenters. The van der Waals surface area contributed by atoms with Crippen molar-refractivity contribution < 1.29 is 33.3 Å². The van der Waals surface area contributed by atoms with E-state index in [1.165, 1.54) is 7.11 Å². The lowest BCUT2D eigenvalue weighted by Crippen LogP contribution is -2.46. The number of ether oxygens (including phenoxy) is 5. The van der Waals surface area contributed by atoms with E-state index < -0.39 is 24.3 Å². The van der Waals surface area contributed by atoms with Crippen LogP contribution < -0.4 is 20.7 Å². The first kappa shape index (κ1) is 26.4. The molecule has 0 unspecified atom stereocenters. The first-order valence-corrected chi connectivity index (χ1v) is 12.7. The van der Waals surface area contributed by atoms with Crippen molar-refractivity contribution in [2.75, 3.05) is 31.0 Å². The van der Waals surface area contributed by atoms with Gasteiger partial charge >= 0.3 is 12.1 Å². The van der Waals surface area contributed by atoms with Crippen molar-refractivity contribution in [3.63, 3.8) is 0 Å². The van der Waals surface area contributed by atoms with Crippen molar-refractivity contribution in [3.8, 4) is 11.5 Å². The van der Waals surface area contributed by atoms with Gasteiger partial charge in [-0.1, -0.05) is 24.3 Å². The Kier molecular flexibility index (Phi) is 8.21. The Morgan fingerprint density at radius 1 is 0.846 bits per heavy atom. The van der Waals surface area contributed by atoms with Gasteiger partial charge in [-0.25, -0.2) is 9.59 Å². The number of benzene rings is 3. The van der Waals surface area contributed by atoms with Crippen LogP contribution in [0.15, 0.2) is 78.9 Å². The molecule has 0 bridgehead atoms. The van der Waals surface area contributed by atoms with Crippen LogP contribution in [0.3, 0.4) is 0 Å². The average molecular weight is 550 g/mol. The molecule has 11 heteroatoms. The predicted molar refractivity (Wildman–Crippen MR) is 147 cm³/mol. The Hall–Kier alpha value is -4.19. The monoisotopic (exact) mass is 549 g/mol. The number of hydrogen-bond donors (Lipinski definition) is 3. The number of hydrogen-bond acceptors (Lipinski definition) is 8. The highest BCUT2D eigenvalue weighted by atomic mass is 32.1. The van der Waals surface area contributed by atoms with Gasteiger partial charge in [0.05, 0.1) is 31.9 Å². The number of nitrogens with one attached hydrogen (secondary N) is 3. The van der Waals surface area contributed by atoms with Crippen molar-refractivity contribution in [2.24, 2.45) is 0 Å². The average Bonchev–Trinajstić information content (AvgIpc) is 3.53. The van der Waals surface area contributed by atoms with Crippen LogP contribution in [0, 0.1) is 0 Å². The van der Waals surface area contributed by atoms with Crippen molar-refractivity contribution in [1.29, 1.82) is 0 Å². The van der Waals surface area contributed by atoms with Gasteiger partial charge in [-0.15, -0.1) is 0 Å². The third-order valence-corrected chi connectivity index (χ3v) is 6.42. The number of esters is 1. The lowest BCUT2D eigenvalue weighted by molar-refractivity contribution is 0.00880. The number of rotatable bonds is 7. The molecule has 2 saturated heterocycles. The van der Waals surface area contributed by atoms with E-state index in [0.29, 0.717) is 34.4 Å². The fourth-order valence-electron chi connectivity index (χ4n) is 4.38. The van der Waals surface area contributed by atoms with E-state index >= 15 is 0 Å². The second-order valence-corrected chi connectivity index (χ2v) is 9.29. The van der Waals surface area contributed by atoms with Crippen LogP contribution in [0.25, 0.3) is 0 Å². The summed E-state index contributed by atoms with van der Waals surface area (Å²) in [5.74, 6) is 0.934. The molecule has 2 heterocycles. The van der Waals surface area contributed by atoms with Crippen molar-refractivity contribution in [2.45, 2.75) is 24.4 Å². The lowest BCUT2D eigenvalue weighted by Gasteiger charge is -2.20. The van der Waals surface area contributed by atoms with Gasteiger partial charge in [0.1, 0.15) is 23.7 Å². The lowest BCUT2D eigenvalue weighted by atomic mass is 10.1. The Bertz CT molecular complexity index is 1320. The molecule has 39 heavy (non-hydrogen) atoms. The van der Waals surface area contributed by atoms with Crippen LogP contribution in [0.5, 0.6) is 11.5 Å². The highest BCUT2D eigenvalue weighted by Crippen LogP contribution is 2.29. The van der Waals surface area contributed by atoms with Gasteiger partial charge in [-0.2, -0.15) is 0 Å². The number of fused-ring (bicyclic) bond motifs is 1. The molecule has 202 valence electrons. The van der Waals surface area contributed by atoms with E-state index in [-0.39, 0.29) is 18.8 Å². The molecule has 1 amide bonds. The highest BCUT2D eigenvalue weighted by Gasteiger charge is 2.49. The zero-order valence-corrected chi connectivity index (χ0v) is 21.8. The Morgan fingerprint density at radius 3 is 2.36 bits per heavy atom. The molecule has 0 aromatic heterocycles. The van der Waals surface area contributed by atoms with Gasteiger partial charge in [0.2, 0.25) is 0 Å². The number of carbonyl (C=O) groups excluding carboxylic acids is 2. The van der Waals surface area contributed by atoms with E-state index in [4.69, 9.17) is 35.9 Å². The van der Waals surface area contributed by atoms with Gasteiger partial charge in [-0.05, 0) is 66.8 Å². The molecule has 0 spiro atoms.